The summed E-state index contributed by atoms with van der Waals surface area (Å²) >= 11 is 0. The summed E-state index contributed by atoms with van der Waals surface area (Å²) in [6.07, 6.45) is 4.61. The van der Waals surface area contributed by atoms with Gasteiger partial charge in [0.05, 0.1) is 17.8 Å². The molecule has 3 aliphatic rings. The highest BCUT2D eigenvalue weighted by molar-refractivity contribution is 5.80. The van der Waals surface area contributed by atoms with Crippen LogP contribution in [0.5, 0.6) is 0 Å². The van der Waals surface area contributed by atoms with Crippen LogP contribution >= 0.6 is 0 Å². The molecule has 10 heteroatoms. The van der Waals surface area contributed by atoms with E-state index in [1.165, 1.54) is 18.1 Å². The fourth-order valence-electron chi connectivity index (χ4n) is 6.15. The molecule has 38 heavy (non-hydrogen) atoms. The molecule has 0 radical (unpaired) electrons. The maximum Gasteiger partial charge on any atom is 0.251 e. The van der Waals surface area contributed by atoms with Gasteiger partial charge in [-0.2, -0.15) is 0 Å². The number of aliphatic hydroxyl groups excluding tert-OH is 1. The number of hydrogen-bond donors (Lipinski definition) is 1. The summed E-state index contributed by atoms with van der Waals surface area (Å²) in [5, 5.41) is 9.57. The maximum atomic E-state index is 12.1. The van der Waals surface area contributed by atoms with Gasteiger partial charge >= 0.3 is 0 Å². The second-order valence-electron chi connectivity index (χ2n) is 10.3. The standard InChI is InChI=1S/C28H29N7O3/c1-18(36)26(37)33-10-12-34(13-11-33)27-29-14-20(15-30-27)22-6-7-23-25(32-22)35-24(31-23)16-38-17-28(35)9-8-19-4-2-3-5-21(19)28/h2-7,14-15,18,36H,8-13,16-17H2,1H3. The second kappa shape index (κ2) is 8.85. The fourth-order valence-corrected chi connectivity index (χ4v) is 6.15. The van der Waals surface area contributed by atoms with Crippen molar-refractivity contribution in [3.8, 4) is 11.3 Å². The van der Waals surface area contributed by atoms with E-state index in [1.54, 1.807) is 17.3 Å². The molecule has 1 fully saturated rings. The van der Waals surface area contributed by atoms with Gasteiger partial charge in [0, 0.05) is 44.1 Å². The van der Waals surface area contributed by atoms with Gasteiger partial charge in [-0.15, -0.1) is 0 Å². The molecule has 7 rings (SSSR count). The van der Waals surface area contributed by atoms with E-state index in [0.29, 0.717) is 45.3 Å². The Balaban J connectivity index is 1.19. The number of aromatic nitrogens is 5. The third-order valence-electron chi connectivity index (χ3n) is 8.07. The first-order valence-electron chi connectivity index (χ1n) is 13.1. The zero-order valence-corrected chi connectivity index (χ0v) is 21.2. The quantitative estimate of drug-likeness (QED) is 0.446. The van der Waals surface area contributed by atoms with Crippen molar-refractivity contribution in [3.05, 3.63) is 65.7 Å². The molecular formula is C28H29N7O3. The molecule has 1 spiro atoms. The normalized spacial score (nSPS) is 21.5. The summed E-state index contributed by atoms with van der Waals surface area (Å²) in [6.45, 7) is 4.90. The van der Waals surface area contributed by atoms with Crippen LogP contribution in [0.15, 0.2) is 48.8 Å². The molecule has 1 amide bonds. The fraction of sp³-hybridized carbons (Fsp3) is 0.393. The number of aryl methyl sites for hydroxylation is 1. The number of aliphatic hydroxyl groups is 1. The zero-order valence-electron chi connectivity index (χ0n) is 21.2. The molecule has 5 heterocycles. The molecule has 0 saturated carbocycles. The lowest BCUT2D eigenvalue weighted by Gasteiger charge is -2.37. The number of carbonyl (C=O) groups excluding carboxylic acids is 1. The van der Waals surface area contributed by atoms with Crippen molar-refractivity contribution >= 4 is 23.0 Å². The van der Waals surface area contributed by atoms with Gasteiger partial charge in [0.15, 0.2) is 5.65 Å². The first-order valence-corrected chi connectivity index (χ1v) is 13.1. The Morgan fingerprint density at radius 1 is 1.05 bits per heavy atom. The van der Waals surface area contributed by atoms with E-state index in [2.05, 4.69) is 43.7 Å². The van der Waals surface area contributed by atoms with Crippen LogP contribution < -0.4 is 4.90 Å². The highest BCUT2D eigenvalue weighted by atomic mass is 16.5. The lowest BCUT2D eigenvalue weighted by atomic mass is 9.91. The van der Waals surface area contributed by atoms with Crippen LogP contribution in [0.1, 0.15) is 30.3 Å². The third-order valence-corrected chi connectivity index (χ3v) is 8.07. The summed E-state index contributed by atoms with van der Waals surface area (Å²) in [5.41, 5.74) is 5.73. The number of rotatable bonds is 3. The molecule has 0 bridgehead atoms. The number of amides is 1. The monoisotopic (exact) mass is 511 g/mol. The van der Waals surface area contributed by atoms with Crippen molar-refractivity contribution in [2.45, 2.75) is 38.0 Å². The molecular weight excluding hydrogens is 482 g/mol. The van der Waals surface area contributed by atoms with Crippen LogP contribution in [-0.4, -0.2) is 79.3 Å². The maximum absolute atomic E-state index is 12.1. The van der Waals surface area contributed by atoms with Crippen LogP contribution in [-0.2, 0) is 28.1 Å². The summed E-state index contributed by atoms with van der Waals surface area (Å²) in [7, 11) is 0. The first kappa shape index (κ1) is 23.2. The van der Waals surface area contributed by atoms with Crippen molar-refractivity contribution in [1.82, 2.24) is 29.4 Å². The predicted octanol–water partition coefficient (Wildman–Crippen LogP) is 2.14. The van der Waals surface area contributed by atoms with Gasteiger partial charge < -0.3 is 19.6 Å². The molecule has 1 saturated heterocycles. The summed E-state index contributed by atoms with van der Waals surface area (Å²) in [6, 6.07) is 12.6. The van der Waals surface area contributed by atoms with E-state index >= 15 is 0 Å². The van der Waals surface area contributed by atoms with Gasteiger partial charge in [-0.1, -0.05) is 24.3 Å². The van der Waals surface area contributed by atoms with E-state index in [-0.39, 0.29) is 11.4 Å². The van der Waals surface area contributed by atoms with E-state index < -0.39 is 6.10 Å². The summed E-state index contributed by atoms with van der Waals surface area (Å²) < 4.78 is 8.38. The average Bonchev–Trinajstić information content (AvgIpc) is 3.52. The number of pyridine rings is 1. The molecule has 3 aromatic heterocycles. The van der Waals surface area contributed by atoms with Crippen LogP contribution in [0.2, 0.25) is 0 Å². The van der Waals surface area contributed by atoms with E-state index in [0.717, 1.165) is 41.1 Å². The van der Waals surface area contributed by atoms with Gasteiger partial charge in [-0.05, 0) is 43.0 Å². The van der Waals surface area contributed by atoms with Gasteiger partial charge in [0.25, 0.3) is 5.91 Å². The highest BCUT2D eigenvalue weighted by Gasteiger charge is 2.45. The molecule has 1 aliphatic carbocycles. The van der Waals surface area contributed by atoms with Crippen molar-refractivity contribution in [2.75, 3.05) is 37.7 Å². The van der Waals surface area contributed by atoms with Gasteiger partial charge in [-0.25, -0.2) is 19.9 Å². The van der Waals surface area contributed by atoms with Crippen molar-refractivity contribution < 1.29 is 14.6 Å². The van der Waals surface area contributed by atoms with Crippen LogP contribution in [0.3, 0.4) is 0 Å². The Kier molecular flexibility index (Phi) is 5.41. The Hall–Kier alpha value is -3.89. The zero-order chi connectivity index (χ0) is 25.9. The number of ether oxygens (including phenoxy) is 1. The van der Waals surface area contributed by atoms with Crippen LogP contribution in [0.4, 0.5) is 5.95 Å². The average molecular weight is 512 g/mol. The highest BCUT2D eigenvalue weighted by Crippen LogP contribution is 2.45. The van der Waals surface area contributed by atoms with Crippen LogP contribution in [0.25, 0.3) is 22.4 Å². The third kappa shape index (κ3) is 3.58. The Labute approximate surface area is 219 Å². The number of imidazole rings is 1. The molecule has 4 aromatic rings. The number of hydrogen-bond acceptors (Lipinski definition) is 8. The Morgan fingerprint density at radius 2 is 1.84 bits per heavy atom. The minimum absolute atomic E-state index is 0.237. The number of piperazine rings is 1. The number of carbonyl (C=O) groups is 1. The lowest BCUT2D eigenvalue weighted by molar-refractivity contribution is -0.139. The predicted molar refractivity (Wildman–Crippen MR) is 141 cm³/mol. The first-order chi connectivity index (χ1) is 18.5. The lowest BCUT2D eigenvalue weighted by Crippen LogP contribution is -2.51. The summed E-state index contributed by atoms with van der Waals surface area (Å²) in [5.74, 6) is 1.30. The van der Waals surface area contributed by atoms with Crippen molar-refractivity contribution in [1.29, 1.82) is 0 Å². The van der Waals surface area contributed by atoms with Crippen molar-refractivity contribution in [3.63, 3.8) is 0 Å². The smallest absolute Gasteiger partial charge is 0.251 e. The minimum atomic E-state index is -0.978. The van der Waals surface area contributed by atoms with Gasteiger partial charge in [-0.3, -0.25) is 9.36 Å². The number of nitrogens with zero attached hydrogens (tertiary/aromatic N) is 7. The topological polar surface area (TPSA) is 110 Å². The molecule has 194 valence electrons. The largest absolute Gasteiger partial charge is 0.384 e. The van der Waals surface area contributed by atoms with Crippen molar-refractivity contribution in [2.24, 2.45) is 0 Å². The molecule has 1 aromatic carbocycles. The van der Waals surface area contributed by atoms with E-state index in [9.17, 15) is 9.90 Å². The second-order valence-corrected chi connectivity index (χ2v) is 10.3. The molecule has 2 unspecified atom stereocenters. The Bertz CT molecular complexity index is 1530. The SMILES string of the molecule is CC(O)C(=O)N1CCN(c2ncc(-c3ccc4nc5n(c4n3)C3(CCc4ccccc43)COC5)cn2)CC1. The number of anilines is 1. The molecule has 10 nitrogen and oxygen atoms in total. The Morgan fingerprint density at radius 3 is 2.63 bits per heavy atom. The number of benzene rings is 1. The van der Waals surface area contributed by atoms with E-state index in [4.69, 9.17) is 14.7 Å². The molecule has 1 N–H and O–H groups in total. The summed E-state index contributed by atoms with van der Waals surface area (Å²) in [4.78, 5) is 35.0. The van der Waals surface area contributed by atoms with Gasteiger partial charge in [0.2, 0.25) is 5.95 Å². The molecule has 2 atom stereocenters. The number of fused-ring (bicyclic) bond motifs is 6. The van der Waals surface area contributed by atoms with E-state index in [1.807, 2.05) is 12.1 Å². The minimum Gasteiger partial charge on any atom is -0.384 e. The molecule has 2 aliphatic heterocycles. The van der Waals surface area contributed by atoms with Crippen LogP contribution in [0, 0.1) is 0 Å². The van der Waals surface area contributed by atoms with Gasteiger partial charge in [0.1, 0.15) is 24.1 Å².